The van der Waals surface area contributed by atoms with Crippen molar-refractivity contribution in [1.29, 1.82) is 0 Å². The van der Waals surface area contributed by atoms with Gasteiger partial charge in [-0.3, -0.25) is 0 Å². The van der Waals surface area contributed by atoms with Gasteiger partial charge < -0.3 is 20.3 Å². The molecule has 1 aromatic rings. The first kappa shape index (κ1) is 12.3. The first-order valence-electron chi connectivity index (χ1n) is 5.17. The summed E-state index contributed by atoms with van der Waals surface area (Å²) in [6, 6.07) is 2.79. The minimum atomic E-state index is -1.15. The van der Waals surface area contributed by atoms with Gasteiger partial charge in [0.25, 0.3) is 0 Å². The maximum Gasteiger partial charge on any atom is 0.339 e. The van der Waals surface area contributed by atoms with Gasteiger partial charge in [-0.25, -0.2) is 4.79 Å². The van der Waals surface area contributed by atoms with Gasteiger partial charge in [0.15, 0.2) is 0 Å². The Morgan fingerprint density at radius 1 is 1.53 bits per heavy atom. The molecule has 0 saturated carbocycles. The zero-order chi connectivity index (χ0) is 12.4. The van der Waals surface area contributed by atoms with Gasteiger partial charge in [0.2, 0.25) is 0 Å². The molecule has 1 aromatic carbocycles. The first-order chi connectivity index (χ1) is 8.11. The normalized spacial score (nSPS) is 20.2. The molecule has 1 heterocycles. The number of hydrogen-bond acceptors (Lipinski definition) is 4. The fraction of sp³-hybridized carbons (Fsp3) is 0.364. The smallest absolute Gasteiger partial charge is 0.339 e. The zero-order valence-corrected chi connectivity index (χ0v) is 10.5. The third-order valence-electron chi connectivity index (χ3n) is 2.66. The van der Waals surface area contributed by atoms with Gasteiger partial charge in [-0.1, -0.05) is 15.9 Å². The summed E-state index contributed by atoms with van der Waals surface area (Å²) in [7, 11) is 0. The standard InChI is InChI=1S/C11H12BrNO4/c12-7-2-1-6(11(15)16)10(14)9(7)8-5-17-4-3-13-8/h1-2,8,13-14H,3-5H2,(H,15,16)/t8-/m1/s1. The average Bonchev–Trinajstić information content (AvgIpc) is 2.30. The summed E-state index contributed by atoms with van der Waals surface area (Å²) in [5, 5.41) is 22.1. The van der Waals surface area contributed by atoms with Crippen LogP contribution >= 0.6 is 15.9 Å². The van der Waals surface area contributed by atoms with Crippen LogP contribution in [0.1, 0.15) is 22.0 Å². The number of nitrogens with one attached hydrogen (secondary N) is 1. The van der Waals surface area contributed by atoms with Gasteiger partial charge in [-0.15, -0.1) is 0 Å². The number of carboxylic acid groups (broad SMARTS) is 1. The molecule has 0 amide bonds. The highest BCUT2D eigenvalue weighted by Gasteiger charge is 2.24. The first-order valence-corrected chi connectivity index (χ1v) is 5.96. The Labute approximate surface area is 107 Å². The van der Waals surface area contributed by atoms with Crippen LogP contribution in [0.3, 0.4) is 0 Å². The lowest BCUT2D eigenvalue weighted by atomic mass is 10.0. The quantitative estimate of drug-likeness (QED) is 0.772. The lowest BCUT2D eigenvalue weighted by molar-refractivity contribution is 0.0687. The minimum Gasteiger partial charge on any atom is -0.507 e. The molecule has 5 nitrogen and oxygen atoms in total. The molecule has 0 unspecified atom stereocenters. The predicted molar refractivity (Wildman–Crippen MR) is 64.3 cm³/mol. The lowest BCUT2D eigenvalue weighted by Crippen LogP contribution is -2.34. The number of carboxylic acids is 1. The SMILES string of the molecule is O=C(O)c1ccc(Br)c([C@H]2COCCN2)c1O. The molecular formula is C11H12BrNO4. The van der Waals surface area contributed by atoms with Crippen molar-refractivity contribution in [1.82, 2.24) is 5.32 Å². The molecule has 92 valence electrons. The molecule has 6 heteroatoms. The van der Waals surface area contributed by atoms with Crippen molar-refractivity contribution in [2.75, 3.05) is 19.8 Å². The third kappa shape index (κ3) is 2.43. The van der Waals surface area contributed by atoms with Gasteiger partial charge in [0.1, 0.15) is 11.3 Å². The Balaban J connectivity index is 2.43. The van der Waals surface area contributed by atoms with E-state index in [1.165, 1.54) is 6.07 Å². The molecule has 0 spiro atoms. The van der Waals surface area contributed by atoms with E-state index in [0.29, 0.717) is 29.8 Å². The second kappa shape index (κ2) is 5.03. The largest absolute Gasteiger partial charge is 0.507 e. The highest BCUT2D eigenvalue weighted by atomic mass is 79.9. The van der Waals surface area contributed by atoms with Gasteiger partial charge in [0.05, 0.1) is 19.3 Å². The molecule has 17 heavy (non-hydrogen) atoms. The van der Waals surface area contributed by atoms with Crippen molar-refractivity contribution in [3.8, 4) is 5.75 Å². The van der Waals surface area contributed by atoms with E-state index in [0.717, 1.165) is 0 Å². The molecule has 1 fully saturated rings. The van der Waals surface area contributed by atoms with E-state index in [4.69, 9.17) is 9.84 Å². The number of ether oxygens (including phenoxy) is 1. The van der Waals surface area contributed by atoms with Crippen molar-refractivity contribution in [3.05, 3.63) is 27.7 Å². The average molecular weight is 302 g/mol. The molecule has 0 bridgehead atoms. The summed E-state index contributed by atoms with van der Waals surface area (Å²) in [6.45, 7) is 1.70. The number of halogens is 1. The highest BCUT2D eigenvalue weighted by Crippen LogP contribution is 2.35. The van der Waals surface area contributed by atoms with Crippen LogP contribution in [0.5, 0.6) is 5.75 Å². The van der Waals surface area contributed by atoms with Crippen LogP contribution in [-0.4, -0.2) is 35.9 Å². The number of carbonyl (C=O) groups is 1. The van der Waals surface area contributed by atoms with E-state index in [1.807, 2.05) is 0 Å². The van der Waals surface area contributed by atoms with E-state index in [1.54, 1.807) is 6.07 Å². The molecule has 1 saturated heterocycles. The van der Waals surface area contributed by atoms with Crippen LogP contribution < -0.4 is 5.32 Å². The predicted octanol–water partition coefficient (Wildman–Crippen LogP) is 1.51. The number of hydrogen-bond donors (Lipinski definition) is 3. The Bertz CT molecular complexity index is 443. The maximum absolute atomic E-state index is 10.9. The van der Waals surface area contributed by atoms with Crippen LogP contribution in [0.25, 0.3) is 0 Å². The summed E-state index contributed by atoms with van der Waals surface area (Å²) < 4.78 is 5.97. The molecule has 1 aliphatic rings. The Morgan fingerprint density at radius 2 is 2.29 bits per heavy atom. The number of phenols is 1. The van der Waals surface area contributed by atoms with E-state index in [9.17, 15) is 9.90 Å². The van der Waals surface area contributed by atoms with Crippen molar-refractivity contribution < 1.29 is 19.7 Å². The summed E-state index contributed by atoms with van der Waals surface area (Å²) in [4.78, 5) is 10.9. The third-order valence-corrected chi connectivity index (χ3v) is 3.36. The Kier molecular flexibility index (Phi) is 3.66. The molecule has 1 atom stereocenters. The lowest BCUT2D eigenvalue weighted by Gasteiger charge is -2.26. The van der Waals surface area contributed by atoms with Gasteiger partial charge in [-0.05, 0) is 12.1 Å². The van der Waals surface area contributed by atoms with E-state index >= 15 is 0 Å². The van der Waals surface area contributed by atoms with E-state index in [2.05, 4.69) is 21.2 Å². The van der Waals surface area contributed by atoms with Crippen molar-refractivity contribution in [2.45, 2.75) is 6.04 Å². The van der Waals surface area contributed by atoms with Crippen molar-refractivity contribution >= 4 is 21.9 Å². The molecule has 0 aromatic heterocycles. The second-order valence-electron chi connectivity index (χ2n) is 3.74. The summed E-state index contributed by atoms with van der Waals surface area (Å²) in [5.41, 5.74) is 0.431. The van der Waals surface area contributed by atoms with Crippen LogP contribution in [-0.2, 0) is 4.74 Å². The summed E-state index contributed by atoms with van der Waals surface area (Å²) in [6.07, 6.45) is 0. The molecule has 1 aliphatic heterocycles. The Hall–Kier alpha value is -1.11. The molecule has 3 N–H and O–H groups in total. The number of aromatic carboxylic acids is 1. The van der Waals surface area contributed by atoms with Crippen LogP contribution in [0.2, 0.25) is 0 Å². The number of morpholine rings is 1. The van der Waals surface area contributed by atoms with Gasteiger partial charge in [-0.2, -0.15) is 0 Å². The van der Waals surface area contributed by atoms with Crippen LogP contribution in [0.15, 0.2) is 16.6 Å². The fourth-order valence-corrected chi connectivity index (χ4v) is 2.43. The molecular weight excluding hydrogens is 290 g/mol. The monoisotopic (exact) mass is 301 g/mol. The second-order valence-corrected chi connectivity index (χ2v) is 4.60. The minimum absolute atomic E-state index is 0.101. The highest BCUT2D eigenvalue weighted by molar-refractivity contribution is 9.10. The van der Waals surface area contributed by atoms with Crippen LogP contribution in [0.4, 0.5) is 0 Å². The molecule has 2 rings (SSSR count). The van der Waals surface area contributed by atoms with Gasteiger partial charge in [0, 0.05) is 16.6 Å². The van der Waals surface area contributed by atoms with Crippen molar-refractivity contribution in [2.24, 2.45) is 0 Å². The topological polar surface area (TPSA) is 78.8 Å². The number of benzene rings is 1. The van der Waals surface area contributed by atoms with Crippen molar-refractivity contribution in [3.63, 3.8) is 0 Å². The van der Waals surface area contributed by atoms with E-state index in [-0.39, 0.29) is 17.4 Å². The Morgan fingerprint density at radius 3 is 2.88 bits per heavy atom. The number of rotatable bonds is 2. The zero-order valence-electron chi connectivity index (χ0n) is 8.94. The summed E-state index contributed by atoms with van der Waals surface area (Å²) in [5.74, 6) is -1.36. The van der Waals surface area contributed by atoms with E-state index < -0.39 is 5.97 Å². The van der Waals surface area contributed by atoms with Gasteiger partial charge >= 0.3 is 5.97 Å². The summed E-state index contributed by atoms with van der Waals surface area (Å²) >= 11 is 3.32. The maximum atomic E-state index is 10.9. The molecule has 0 aliphatic carbocycles. The fourth-order valence-electron chi connectivity index (χ4n) is 1.84. The van der Waals surface area contributed by atoms with Crippen LogP contribution in [0, 0.1) is 0 Å². The molecule has 0 radical (unpaired) electrons. The number of aromatic hydroxyl groups is 1.